The Labute approximate surface area is 223 Å². The number of rotatable bonds is 10. The van der Waals surface area contributed by atoms with Crippen molar-refractivity contribution in [3.05, 3.63) is 82.4 Å². The van der Waals surface area contributed by atoms with E-state index in [9.17, 15) is 13.2 Å². The van der Waals surface area contributed by atoms with Crippen molar-refractivity contribution in [2.75, 3.05) is 13.6 Å². The van der Waals surface area contributed by atoms with Gasteiger partial charge in [0.1, 0.15) is 12.2 Å². The minimum absolute atomic E-state index is 0.183. The molecule has 1 amide bonds. The largest absolute Gasteiger partial charge is 0.358 e. The standard InChI is InChI=1S/C27H32Cl2N2O4S/c1-4-7-24-27(32)31(22(5-2)17-30(3)36(33,34)23-14-15-23)25(18-10-12-20(28)13-11-18)26(35-24)19-8-6-9-21(29)16-19/h4,6,8-13,16,22-26H,1,5,7,14-15,17H2,2-3H3/t22?,24-,25+,26+/m0/s1. The molecule has 0 radical (unpaired) electrons. The summed E-state index contributed by atoms with van der Waals surface area (Å²) in [6.07, 6.45) is 2.69. The van der Waals surface area contributed by atoms with Crippen molar-refractivity contribution in [3.63, 3.8) is 0 Å². The fourth-order valence-electron chi connectivity index (χ4n) is 4.85. The first-order valence-corrected chi connectivity index (χ1v) is 14.5. The van der Waals surface area contributed by atoms with Crippen LogP contribution in [0.15, 0.2) is 61.2 Å². The van der Waals surface area contributed by atoms with Gasteiger partial charge in [-0.05, 0) is 54.7 Å². The number of halogens is 2. The molecule has 0 N–H and O–H groups in total. The molecule has 2 aliphatic rings. The summed E-state index contributed by atoms with van der Waals surface area (Å²) >= 11 is 12.5. The van der Waals surface area contributed by atoms with E-state index >= 15 is 0 Å². The van der Waals surface area contributed by atoms with Crippen molar-refractivity contribution in [1.82, 2.24) is 9.21 Å². The Bertz CT molecular complexity index is 1200. The van der Waals surface area contributed by atoms with Crippen molar-refractivity contribution in [2.45, 2.75) is 62.1 Å². The SMILES string of the molecule is C=CC[C@@H]1O[C@H](c2cccc(Cl)c2)[C@@H](c2ccc(Cl)cc2)N(C(CC)CN(C)S(=O)(=O)C2CC2)C1=O. The highest BCUT2D eigenvalue weighted by Gasteiger charge is 2.47. The van der Waals surface area contributed by atoms with E-state index in [0.29, 0.717) is 35.7 Å². The molecule has 4 atom stereocenters. The number of likely N-dealkylation sites (N-methyl/N-ethyl adjacent to an activating group) is 1. The minimum atomic E-state index is -3.40. The van der Waals surface area contributed by atoms with Crippen molar-refractivity contribution in [2.24, 2.45) is 0 Å². The fourth-order valence-corrected chi connectivity index (χ4v) is 6.79. The van der Waals surface area contributed by atoms with Gasteiger partial charge in [-0.3, -0.25) is 4.79 Å². The van der Waals surface area contributed by atoms with Gasteiger partial charge < -0.3 is 9.64 Å². The molecule has 2 fully saturated rings. The lowest BCUT2D eigenvalue weighted by atomic mass is 9.89. The first-order valence-electron chi connectivity index (χ1n) is 12.2. The van der Waals surface area contributed by atoms with Crippen LogP contribution in [0.2, 0.25) is 10.0 Å². The third kappa shape index (κ3) is 5.65. The Morgan fingerprint density at radius 3 is 2.42 bits per heavy atom. The summed E-state index contributed by atoms with van der Waals surface area (Å²) in [5, 5.41) is 0.830. The summed E-state index contributed by atoms with van der Waals surface area (Å²) in [7, 11) is -1.79. The maximum atomic E-state index is 13.9. The first kappa shape index (κ1) is 27.1. The van der Waals surface area contributed by atoms with Gasteiger partial charge >= 0.3 is 0 Å². The Morgan fingerprint density at radius 2 is 1.83 bits per heavy atom. The molecule has 9 heteroatoms. The minimum Gasteiger partial charge on any atom is -0.358 e. The number of ether oxygens (including phenoxy) is 1. The van der Waals surface area contributed by atoms with Gasteiger partial charge in [0.05, 0.1) is 11.3 Å². The summed E-state index contributed by atoms with van der Waals surface area (Å²) in [5.74, 6) is -0.183. The maximum absolute atomic E-state index is 13.9. The molecule has 2 aromatic carbocycles. The Hall–Kier alpha value is -1.90. The monoisotopic (exact) mass is 550 g/mol. The molecule has 0 aromatic heterocycles. The molecule has 1 heterocycles. The number of hydrogen-bond acceptors (Lipinski definition) is 4. The molecule has 1 aliphatic carbocycles. The molecular weight excluding hydrogens is 519 g/mol. The van der Waals surface area contributed by atoms with Crippen LogP contribution in [0, 0.1) is 0 Å². The molecule has 0 spiro atoms. The van der Waals surface area contributed by atoms with Gasteiger partial charge in [-0.25, -0.2) is 12.7 Å². The average molecular weight is 552 g/mol. The van der Waals surface area contributed by atoms with Crippen molar-refractivity contribution in [3.8, 4) is 0 Å². The molecule has 4 rings (SSSR count). The van der Waals surface area contributed by atoms with Gasteiger partial charge in [-0.2, -0.15) is 0 Å². The highest BCUT2D eigenvalue weighted by Crippen LogP contribution is 2.45. The normalized spacial score (nSPS) is 23.6. The van der Waals surface area contributed by atoms with Gasteiger partial charge in [-0.1, -0.05) is 60.5 Å². The summed E-state index contributed by atoms with van der Waals surface area (Å²) in [4.78, 5) is 15.7. The summed E-state index contributed by atoms with van der Waals surface area (Å²) in [6.45, 7) is 5.99. The predicted octanol–water partition coefficient (Wildman–Crippen LogP) is 5.78. The summed E-state index contributed by atoms with van der Waals surface area (Å²) < 4.78 is 33.7. The third-order valence-electron chi connectivity index (χ3n) is 6.91. The Morgan fingerprint density at radius 1 is 1.14 bits per heavy atom. The molecular formula is C27H32Cl2N2O4S. The smallest absolute Gasteiger partial charge is 0.252 e. The fraction of sp³-hybridized carbons (Fsp3) is 0.444. The Balaban J connectivity index is 1.80. The molecule has 1 aliphatic heterocycles. The Kier molecular flexibility index (Phi) is 8.47. The topological polar surface area (TPSA) is 66.9 Å². The van der Waals surface area contributed by atoms with Crippen LogP contribution in [0.3, 0.4) is 0 Å². The number of benzene rings is 2. The highest BCUT2D eigenvalue weighted by atomic mass is 35.5. The van der Waals surface area contributed by atoms with Crippen LogP contribution < -0.4 is 0 Å². The molecule has 1 unspecified atom stereocenters. The van der Waals surface area contributed by atoms with E-state index in [2.05, 4.69) is 6.58 Å². The van der Waals surface area contributed by atoms with E-state index in [1.54, 1.807) is 31.3 Å². The second kappa shape index (κ2) is 11.2. The lowest BCUT2D eigenvalue weighted by Crippen LogP contribution is -2.57. The maximum Gasteiger partial charge on any atom is 0.252 e. The van der Waals surface area contributed by atoms with Gasteiger partial charge in [0.15, 0.2) is 0 Å². The lowest BCUT2D eigenvalue weighted by molar-refractivity contribution is -0.179. The van der Waals surface area contributed by atoms with E-state index in [1.165, 1.54) is 4.31 Å². The molecule has 194 valence electrons. The van der Waals surface area contributed by atoms with Gasteiger partial charge in [0, 0.05) is 36.1 Å². The van der Waals surface area contributed by atoms with Crippen LogP contribution in [0.4, 0.5) is 0 Å². The summed E-state index contributed by atoms with van der Waals surface area (Å²) in [5.41, 5.74) is 1.68. The molecule has 36 heavy (non-hydrogen) atoms. The van der Waals surface area contributed by atoms with Gasteiger partial charge in [-0.15, -0.1) is 6.58 Å². The van der Waals surface area contributed by atoms with E-state index < -0.39 is 28.3 Å². The highest BCUT2D eigenvalue weighted by molar-refractivity contribution is 7.90. The first-order chi connectivity index (χ1) is 17.2. The molecule has 1 saturated heterocycles. The molecule has 0 bridgehead atoms. The quantitative estimate of drug-likeness (QED) is 0.351. The van der Waals surface area contributed by atoms with Crippen LogP contribution in [0.5, 0.6) is 0 Å². The zero-order chi connectivity index (χ0) is 26.0. The second-order valence-electron chi connectivity index (χ2n) is 9.45. The van der Waals surface area contributed by atoms with Crippen molar-refractivity contribution < 1.29 is 17.9 Å². The van der Waals surface area contributed by atoms with Gasteiger partial charge in [0.25, 0.3) is 5.91 Å². The van der Waals surface area contributed by atoms with E-state index in [0.717, 1.165) is 11.1 Å². The molecule has 6 nitrogen and oxygen atoms in total. The number of nitrogens with zero attached hydrogens (tertiary/aromatic N) is 2. The molecule has 2 aromatic rings. The van der Waals surface area contributed by atoms with Gasteiger partial charge in [0.2, 0.25) is 10.0 Å². The van der Waals surface area contributed by atoms with Crippen LogP contribution >= 0.6 is 23.2 Å². The number of hydrogen-bond donors (Lipinski definition) is 0. The van der Waals surface area contributed by atoms with E-state index in [-0.39, 0.29) is 23.7 Å². The lowest BCUT2D eigenvalue weighted by Gasteiger charge is -2.48. The number of amides is 1. The van der Waals surface area contributed by atoms with Crippen LogP contribution in [-0.2, 0) is 19.6 Å². The third-order valence-corrected chi connectivity index (χ3v) is 9.73. The van der Waals surface area contributed by atoms with Crippen LogP contribution in [0.1, 0.15) is 55.9 Å². The number of morpholine rings is 1. The zero-order valence-electron chi connectivity index (χ0n) is 20.5. The predicted molar refractivity (Wildman–Crippen MR) is 144 cm³/mol. The van der Waals surface area contributed by atoms with Crippen molar-refractivity contribution >= 4 is 39.1 Å². The van der Waals surface area contributed by atoms with Crippen LogP contribution in [-0.4, -0.2) is 54.5 Å². The van der Waals surface area contributed by atoms with Crippen molar-refractivity contribution in [1.29, 1.82) is 0 Å². The number of carbonyl (C=O) groups excluding carboxylic acids is 1. The second-order valence-corrected chi connectivity index (χ2v) is 12.6. The number of sulfonamides is 1. The average Bonchev–Trinajstić information content (AvgIpc) is 3.70. The van der Waals surface area contributed by atoms with Crippen LogP contribution in [0.25, 0.3) is 0 Å². The zero-order valence-corrected chi connectivity index (χ0v) is 22.8. The summed E-state index contributed by atoms with van der Waals surface area (Å²) in [6, 6.07) is 13.9. The van der Waals surface area contributed by atoms with E-state index in [1.807, 2.05) is 42.2 Å². The number of carbonyl (C=O) groups is 1. The molecule has 1 saturated carbocycles. The van der Waals surface area contributed by atoms with E-state index in [4.69, 9.17) is 27.9 Å².